The second-order valence-electron chi connectivity index (χ2n) is 4.92. The summed E-state index contributed by atoms with van der Waals surface area (Å²) in [5.41, 5.74) is 1.18. The molecule has 0 nitrogen and oxygen atoms in total. The second kappa shape index (κ2) is 7.32. The van der Waals surface area contributed by atoms with E-state index in [4.69, 9.17) is 34.8 Å². The highest BCUT2D eigenvalue weighted by Crippen LogP contribution is 2.37. The van der Waals surface area contributed by atoms with Gasteiger partial charge in [0, 0.05) is 21.6 Å². The van der Waals surface area contributed by atoms with Gasteiger partial charge in [-0.1, -0.05) is 57.9 Å². The Balaban J connectivity index is 2.49. The van der Waals surface area contributed by atoms with E-state index in [0.29, 0.717) is 23.7 Å². The molecule has 5 heteroatoms. The fraction of sp³-hybridized carbons (Fsp3) is 0.250. The Hall–Kier alpha value is -0.280. The van der Waals surface area contributed by atoms with Crippen molar-refractivity contribution in [3.05, 3.63) is 68.9 Å². The van der Waals surface area contributed by atoms with Crippen molar-refractivity contribution in [2.75, 3.05) is 11.8 Å². The zero-order chi connectivity index (χ0) is 15.5. The lowest BCUT2D eigenvalue weighted by molar-refractivity contribution is 0.530. The molecule has 0 radical (unpaired) electrons. The van der Waals surface area contributed by atoms with Gasteiger partial charge in [-0.2, -0.15) is 0 Å². The van der Waals surface area contributed by atoms with Crippen molar-refractivity contribution in [1.82, 2.24) is 0 Å². The summed E-state index contributed by atoms with van der Waals surface area (Å²) in [7, 11) is 0. The summed E-state index contributed by atoms with van der Waals surface area (Å²) in [4.78, 5) is 0. The van der Waals surface area contributed by atoms with Crippen molar-refractivity contribution in [3.8, 4) is 0 Å². The lowest BCUT2D eigenvalue weighted by atomic mass is 9.78. The highest BCUT2D eigenvalue weighted by molar-refractivity contribution is 9.10. The lowest BCUT2D eigenvalue weighted by Crippen LogP contribution is -2.34. The number of hydrogen-bond donors (Lipinski definition) is 0. The molecule has 2 aromatic rings. The predicted molar refractivity (Wildman–Crippen MR) is 92.4 cm³/mol. The van der Waals surface area contributed by atoms with Crippen molar-refractivity contribution in [2.45, 2.75) is 11.8 Å². The molecule has 2 rings (SSSR count). The summed E-state index contributed by atoms with van der Waals surface area (Å²) in [6.07, 6.45) is 0.471. The van der Waals surface area contributed by atoms with E-state index >= 15 is 0 Å². The van der Waals surface area contributed by atoms with E-state index in [-0.39, 0.29) is 5.02 Å². The van der Waals surface area contributed by atoms with Crippen molar-refractivity contribution in [1.29, 1.82) is 0 Å². The Kier molecular flexibility index (Phi) is 5.96. The van der Waals surface area contributed by atoms with E-state index < -0.39 is 11.2 Å². The van der Waals surface area contributed by atoms with Crippen LogP contribution in [0, 0.1) is 5.82 Å². The maximum Gasteiger partial charge on any atom is 0.142 e. The third-order valence-corrected chi connectivity index (χ3v) is 5.66. The third kappa shape index (κ3) is 3.56. The first-order valence-electron chi connectivity index (χ1n) is 6.34. The van der Waals surface area contributed by atoms with Crippen LogP contribution in [-0.2, 0) is 11.8 Å². The SMILES string of the molecule is Fc1cccc(CC(CCl)(CCl)c2ccccc2Br)c1Cl. The number of benzene rings is 2. The summed E-state index contributed by atoms with van der Waals surface area (Å²) < 4.78 is 14.6. The first-order valence-corrected chi connectivity index (χ1v) is 8.58. The van der Waals surface area contributed by atoms with Gasteiger partial charge in [0.25, 0.3) is 0 Å². The predicted octanol–water partition coefficient (Wildman–Crippen LogP) is 6.20. The summed E-state index contributed by atoms with van der Waals surface area (Å²) in [6, 6.07) is 12.6. The van der Waals surface area contributed by atoms with Crippen molar-refractivity contribution >= 4 is 50.7 Å². The number of hydrogen-bond acceptors (Lipinski definition) is 0. The van der Waals surface area contributed by atoms with E-state index in [9.17, 15) is 4.39 Å². The molecule has 0 bridgehead atoms. The molecule has 2 aromatic carbocycles. The fourth-order valence-electron chi connectivity index (χ4n) is 2.31. The van der Waals surface area contributed by atoms with Gasteiger partial charge in [-0.15, -0.1) is 23.2 Å². The van der Waals surface area contributed by atoms with E-state index in [1.807, 2.05) is 24.3 Å². The average Bonchev–Trinajstić information content (AvgIpc) is 2.50. The molecule has 0 heterocycles. The molecule has 0 fully saturated rings. The largest absolute Gasteiger partial charge is 0.205 e. The zero-order valence-corrected chi connectivity index (χ0v) is 14.9. The maximum atomic E-state index is 13.6. The quantitative estimate of drug-likeness (QED) is 0.515. The van der Waals surface area contributed by atoms with Crippen LogP contribution in [0.25, 0.3) is 0 Å². The molecule has 0 aliphatic rings. The van der Waals surface area contributed by atoms with E-state index in [0.717, 1.165) is 10.0 Å². The van der Waals surface area contributed by atoms with Gasteiger partial charge in [0.05, 0.1) is 5.02 Å². The Morgan fingerprint density at radius 1 is 1.00 bits per heavy atom. The van der Waals surface area contributed by atoms with Crippen LogP contribution >= 0.6 is 50.7 Å². The molecule has 0 aromatic heterocycles. The minimum absolute atomic E-state index is 0.129. The minimum atomic E-state index is -0.513. The standard InChI is InChI=1S/C16H13BrCl3F/c17-13-6-2-1-5-12(13)16(9-18,10-19)8-11-4-3-7-14(21)15(11)20/h1-7H,8-10H2. The number of alkyl halides is 2. The molecular formula is C16H13BrCl3F. The normalized spacial score (nSPS) is 11.7. The molecule has 0 spiro atoms. The molecule has 0 amide bonds. The third-order valence-electron chi connectivity index (χ3n) is 3.52. The summed E-state index contributed by atoms with van der Waals surface area (Å²) in [5.74, 6) is 0.192. The minimum Gasteiger partial charge on any atom is -0.205 e. The molecule has 0 saturated heterocycles. The molecule has 0 unspecified atom stereocenters. The van der Waals surface area contributed by atoms with Gasteiger partial charge in [0.15, 0.2) is 0 Å². The highest BCUT2D eigenvalue weighted by Gasteiger charge is 2.33. The molecule has 0 aliphatic heterocycles. The monoisotopic (exact) mass is 408 g/mol. The van der Waals surface area contributed by atoms with E-state index in [1.165, 1.54) is 6.07 Å². The van der Waals surface area contributed by atoms with Crippen LogP contribution in [0.5, 0.6) is 0 Å². The first-order chi connectivity index (χ1) is 10.0. The highest BCUT2D eigenvalue weighted by atomic mass is 79.9. The van der Waals surface area contributed by atoms with Crippen LogP contribution in [0.2, 0.25) is 5.02 Å². The van der Waals surface area contributed by atoms with Crippen LogP contribution in [0.4, 0.5) is 4.39 Å². The molecule has 0 atom stereocenters. The average molecular weight is 411 g/mol. The molecule has 0 saturated carbocycles. The van der Waals surface area contributed by atoms with E-state index in [1.54, 1.807) is 12.1 Å². The van der Waals surface area contributed by atoms with Gasteiger partial charge < -0.3 is 0 Å². The van der Waals surface area contributed by atoms with Crippen molar-refractivity contribution in [3.63, 3.8) is 0 Å². The van der Waals surface area contributed by atoms with Gasteiger partial charge >= 0.3 is 0 Å². The smallest absolute Gasteiger partial charge is 0.142 e. The molecule has 21 heavy (non-hydrogen) atoms. The second-order valence-corrected chi connectivity index (χ2v) is 6.68. The Morgan fingerprint density at radius 3 is 2.29 bits per heavy atom. The van der Waals surface area contributed by atoms with Gasteiger partial charge in [-0.25, -0.2) is 4.39 Å². The van der Waals surface area contributed by atoms with Gasteiger partial charge in [-0.3, -0.25) is 0 Å². The van der Waals surface area contributed by atoms with Gasteiger partial charge in [-0.05, 0) is 29.7 Å². The Bertz CT molecular complexity index is 627. The van der Waals surface area contributed by atoms with Gasteiger partial charge in [0.1, 0.15) is 5.82 Å². The van der Waals surface area contributed by atoms with Crippen LogP contribution in [0.1, 0.15) is 11.1 Å². The van der Waals surface area contributed by atoms with Gasteiger partial charge in [0.2, 0.25) is 0 Å². The lowest BCUT2D eigenvalue weighted by Gasteiger charge is -2.31. The molecule has 0 aliphatic carbocycles. The maximum absolute atomic E-state index is 13.6. The summed E-state index contributed by atoms with van der Waals surface area (Å²) in [5, 5.41) is 0.129. The summed E-state index contributed by atoms with van der Waals surface area (Å²) in [6.45, 7) is 0. The van der Waals surface area contributed by atoms with Crippen LogP contribution in [0.3, 0.4) is 0 Å². The van der Waals surface area contributed by atoms with Crippen LogP contribution in [0.15, 0.2) is 46.9 Å². The Labute approximate surface area is 147 Å². The van der Waals surface area contributed by atoms with Crippen molar-refractivity contribution < 1.29 is 4.39 Å². The number of rotatable bonds is 5. The topological polar surface area (TPSA) is 0 Å². The summed E-state index contributed by atoms with van der Waals surface area (Å²) >= 11 is 22.1. The fourth-order valence-corrected chi connectivity index (χ4v) is 3.97. The van der Waals surface area contributed by atoms with Crippen LogP contribution < -0.4 is 0 Å². The number of halogens is 5. The Morgan fingerprint density at radius 2 is 1.67 bits per heavy atom. The molecule has 0 N–H and O–H groups in total. The van der Waals surface area contributed by atoms with Crippen molar-refractivity contribution in [2.24, 2.45) is 0 Å². The molecule has 112 valence electrons. The van der Waals surface area contributed by atoms with Crippen LogP contribution in [-0.4, -0.2) is 11.8 Å². The first kappa shape index (κ1) is 17.1. The van der Waals surface area contributed by atoms with E-state index in [2.05, 4.69) is 15.9 Å². The zero-order valence-electron chi connectivity index (χ0n) is 11.1. The molecular weight excluding hydrogens is 397 g/mol.